The number of carboxylic acids is 1. The molecule has 0 aromatic rings. The van der Waals surface area contributed by atoms with Crippen LogP contribution in [0.1, 0.15) is 120 Å². The summed E-state index contributed by atoms with van der Waals surface area (Å²) in [6.45, 7) is 16.4. The van der Waals surface area contributed by atoms with Crippen molar-refractivity contribution in [3.8, 4) is 0 Å². The number of aliphatic carboxylic acids is 1. The Labute approximate surface area is 421 Å². The van der Waals surface area contributed by atoms with E-state index in [9.17, 15) is 61.0 Å². The minimum atomic E-state index is -1.86. The molecule has 0 bridgehead atoms. The molecule has 20 nitrogen and oxygen atoms in total. The van der Waals surface area contributed by atoms with Crippen LogP contribution in [0, 0.1) is 50.2 Å². The van der Waals surface area contributed by atoms with Crippen molar-refractivity contribution in [1.82, 2.24) is 0 Å². The fourth-order valence-electron chi connectivity index (χ4n) is 16.0. The largest absolute Gasteiger partial charge is 0.481 e. The van der Waals surface area contributed by atoms with Crippen molar-refractivity contribution < 1.29 is 98.9 Å². The maximum Gasteiger partial charge on any atom is 0.310 e. The molecule has 0 spiro atoms. The van der Waals surface area contributed by atoms with E-state index in [1.54, 1.807) is 0 Å². The van der Waals surface area contributed by atoms with Gasteiger partial charge in [-0.3, -0.25) is 4.79 Å². The molecule has 5 aliphatic carbocycles. The maximum absolute atomic E-state index is 13.2. The van der Waals surface area contributed by atoms with E-state index in [4.69, 9.17) is 37.9 Å². The van der Waals surface area contributed by atoms with Gasteiger partial charge in [-0.25, -0.2) is 0 Å². The smallest absolute Gasteiger partial charge is 0.310 e. The Balaban J connectivity index is 0.874. The molecule has 9 aliphatic rings. The minimum absolute atomic E-state index is 0.0208. The second kappa shape index (κ2) is 19.7. The van der Waals surface area contributed by atoms with Crippen molar-refractivity contribution in [3.63, 3.8) is 0 Å². The molecular formula is C52H84O20. The van der Waals surface area contributed by atoms with E-state index in [1.165, 1.54) is 12.5 Å². The van der Waals surface area contributed by atoms with Gasteiger partial charge in [0.05, 0.1) is 37.4 Å². The van der Waals surface area contributed by atoms with Gasteiger partial charge in [-0.2, -0.15) is 0 Å². The average Bonchev–Trinajstić information content (AvgIpc) is 3.32. The Bertz CT molecular complexity index is 1990. The van der Waals surface area contributed by atoms with E-state index in [1.807, 2.05) is 0 Å². The van der Waals surface area contributed by atoms with Crippen LogP contribution in [0.5, 0.6) is 0 Å². The molecule has 8 fully saturated rings. The van der Waals surface area contributed by atoms with E-state index >= 15 is 0 Å². The van der Waals surface area contributed by atoms with Gasteiger partial charge in [-0.15, -0.1) is 0 Å². The summed E-state index contributed by atoms with van der Waals surface area (Å²) in [5.74, 6) is -0.0524. The molecule has 4 aliphatic heterocycles. The van der Waals surface area contributed by atoms with Crippen molar-refractivity contribution in [2.75, 3.05) is 19.8 Å². The molecule has 4 saturated heterocycles. The Morgan fingerprint density at radius 3 is 1.99 bits per heavy atom. The summed E-state index contributed by atoms with van der Waals surface area (Å²) in [4.78, 5) is 13.2. The fraction of sp³-hybridized carbons (Fsp3) is 0.942. The van der Waals surface area contributed by atoms with Crippen LogP contribution in [0.4, 0.5) is 0 Å². The summed E-state index contributed by atoms with van der Waals surface area (Å²) in [5.41, 5.74) is 0.0683. The summed E-state index contributed by atoms with van der Waals surface area (Å²) in [6.07, 6.45) is -17.4. The van der Waals surface area contributed by atoms with Gasteiger partial charge in [0, 0.05) is 0 Å². The Kier molecular flexibility index (Phi) is 15.2. The zero-order chi connectivity index (χ0) is 52.4. The number of ether oxygens (including phenoxy) is 8. The second-order valence-corrected chi connectivity index (χ2v) is 25.4. The lowest BCUT2D eigenvalue weighted by molar-refractivity contribution is -0.382. The maximum atomic E-state index is 13.2. The number of aliphatic hydroxyl groups is 10. The van der Waals surface area contributed by atoms with Crippen LogP contribution in [0.15, 0.2) is 11.6 Å². The molecule has 0 aromatic carbocycles. The number of hydrogen-bond donors (Lipinski definition) is 11. The average molecular weight is 1030 g/mol. The zero-order valence-corrected chi connectivity index (χ0v) is 43.1. The third-order valence-electron chi connectivity index (χ3n) is 20.7. The molecule has 4 saturated carbocycles. The summed E-state index contributed by atoms with van der Waals surface area (Å²) in [7, 11) is 0. The standard InChI is InChI=1S/C52H84O20/c1-23-32(55)40(71-42-37(60)35(58)28(22-66-42)69-43-38(61)36(59)34(57)27(20-53)68-43)39(62)44(67-23)72-41-33(56)26(54)21-65-45(41)70-31-12-13-49(6)29(48(31,4)5)11-14-51(8)30(49)10-9-24-25-19-47(2,3)15-17-52(25,46(63)64)18-16-50(24,51)7/h9,23,25-45,53-62H,10-22H2,1-8H3,(H,63,64)/t23-,25+,26-,27+,28+,29-,30+,31-,32-,33-,34+,35+,36-,37+,38+,39+,40+,41+,42-,43-,44-,45-,49-,50+,51+,52-/m0/s1. The van der Waals surface area contributed by atoms with Crippen molar-refractivity contribution in [3.05, 3.63) is 11.6 Å². The third-order valence-corrected chi connectivity index (χ3v) is 20.7. The first-order valence-electron chi connectivity index (χ1n) is 26.5. The number of hydrogen-bond acceptors (Lipinski definition) is 19. The Morgan fingerprint density at radius 2 is 1.29 bits per heavy atom. The highest BCUT2D eigenvalue weighted by Crippen LogP contribution is 2.76. The number of fused-ring (bicyclic) bond motifs is 7. The Morgan fingerprint density at radius 1 is 0.639 bits per heavy atom. The van der Waals surface area contributed by atoms with Crippen LogP contribution in [-0.2, 0) is 42.7 Å². The molecule has 11 N–H and O–H groups in total. The first kappa shape index (κ1) is 55.3. The number of rotatable bonds is 10. The van der Waals surface area contributed by atoms with Crippen molar-refractivity contribution in [2.45, 2.75) is 236 Å². The van der Waals surface area contributed by atoms with E-state index in [2.05, 4.69) is 54.5 Å². The molecule has 4 heterocycles. The molecule has 9 rings (SSSR count). The van der Waals surface area contributed by atoms with E-state index in [0.29, 0.717) is 25.2 Å². The number of carboxylic acid groups (broad SMARTS) is 1. The monoisotopic (exact) mass is 1030 g/mol. The second-order valence-electron chi connectivity index (χ2n) is 25.4. The summed E-state index contributed by atoms with van der Waals surface area (Å²) in [5, 5.41) is 119. The normalized spacial score (nSPS) is 54.3. The highest BCUT2D eigenvalue weighted by molar-refractivity contribution is 5.76. The summed E-state index contributed by atoms with van der Waals surface area (Å²) in [6, 6.07) is 0. The Hall–Kier alpha value is -1.51. The van der Waals surface area contributed by atoms with Crippen molar-refractivity contribution in [2.24, 2.45) is 50.2 Å². The topological polar surface area (TPSA) is 313 Å². The van der Waals surface area contributed by atoms with Gasteiger partial charge in [0.15, 0.2) is 25.2 Å². The van der Waals surface area contributed by atoms with Gasteiger partial charge < -0.3 is 94.1 Å². The van der Waals surface area contributed by atoms with Crippen LogP contribution in [0.25, 0.3) is 0 Å². The SMILES string of the molecule is C[C@@H]1O[C@@H](O[C@H]2[C@H](O[C@H]3CC[C@]4(C)[C@H]5CC=C6[C@H]7CC(C)(C)CC[C@]7(C(=O)O)CC[C@@]6(C)[C@]5(C)CC[C@H]4C3(C)C)OC[C@H](O)[C@@H]2O)[C@H](O)[C@H](O[C@@H]2OC[C@@H](O[C@@H]3O[C@H](CO)[C@@H](O)[C@H](O)[C@H]3O)[C@@H](O)[C@H]2O)[C@H]1O. The van der Waals surface area contributed by atoms with Crippen LogP contribution in [0.3, 0.4) is 0 Å². The fourth-order valence-corrected chi connectivity index (χ4v) is 16.0. The van der Waals surface area contributed by atoms with Crippen LogP contribution in [0.2, 0.25) is 0 Å². The number of carbonyl (C=O) groups is 1. The van der Waals surface area contributed by atoms with Gasteiger partial charge in [-0.1, -0.05) is 60.1 Å². The molecule has 26 atom stereocenters. The van der Waals surface area contributed by atoms with E-state index in [-0.39, 0.29) is 46.2 Å². The summed E-state index contributed by atoms with van der Waals surface area (Å²) >= 11 is 0. The molecule has 0 aromatic heterocycles. The number of aliphatic hydroxyl groups excluding tert-OH is 10. The molecule has 0 amide bonds. The minimum Gasteiger partial charge on any atom is -0.481 e. The molecule has 20 heteroatoms. The summed E-state index contributed by atoms with van der Waals surface area (Å²) < 4.78 is 47.8. The molecule has 412 valence electrons. The lowest BCUT2D eigenvalue weighted by Gasteiger charge is -2.71. The van der Waals surface area contributed by atoms with E-state index in [0.717, 1.165) is 44.9 Å². The van der Waals surface area contributed by atoms with Crippen molar-refractivity contribution in [1.29, 1.82) is 0 Å². The highest BCUT2D eigenvalue weighted by Gasteiger charge is 2.70. The number of allylic oxidation sites excluding steroid dienone is 2. The predicted molar refractivity (Wildman–Crippen MR) is 250 cm³/mol. The lowest BCUT2D eigenvalue weighted by Crippen LogP contribution is -2.66. The molecular weight excluding hydrogens is 945 g/mol. The zero-order valence-electron chi connectivity index (χ0n) is 43.1. The van der Waals surface area contributed by atoms with Gasteiger partial charge in [0.25, 0.3) is 0 Å². The van der Waals surface area contributed by atoms with Crippen molar-refractivity contribution >= 4 is 5.97 Å². The van der Waals surface area contributed by atoms with Gasteiger partial charge >= 0.3 is 5.97 Å². The predicted octanol–water partition coefficient (Wildman–Crippen LogP) is 0.836. The lowest BCUT2D eigenvalue weighted by atomic mass is 9.33. The first-order valence-corrected chi connectivity index (χ1v) is 26.5. The third kappa shape index (κ3) is 8.87. The molecule has 0 radical (unpaired) electrons. The van der Waals surface area contributed by atoms with Gasteiger partial charge in [0.2, 0.25) is 0 Å². The van der Waals surface area contributed by atoms with Gasteiger partial charge in [0.1, 0.15) is 79.4 Å². The first-order chi connectivity index (χ1) is 33.7. The van der Waals surface area contributed by atoms with Crippen LogP contribution >= 0.6 is 0 Å². The highest BCUT2D eigenvalue weighted by atomic mass is 16.8. The molecule has 72 heavy (non-hydrogen) atoms. The van der Waals surface area contributed by atoms with Gasteiger partial charge in [-0.05, 0) is 116 Å². The van der Waals surface area contributed by atoms with Crippen LogP contribution < -0.4 is 0 Å². The quantitative estimate of drug-likeness (QED) is 0.107. The molecule has 0 unspecified atom stereocenters. The van der Waals surface area contributed by atoms with E-state index < -0.39 is 141 Å². The van der Waals surface area contributed by atoms with Crippen LogP contribution in [-0.4, -0.2) is 199 Å².